The zero-order valence-electron chi connectivity index (χ0n) is 12.3. The van der Waals surface area contributed by atoms with Crippen LogP contribution in [0, 0.1) is 11.3 Å². The van der Waals surface area contributed by atoms with Gasteiger partial charge in [0.1, 0.15) is 17.4 Å². The van der Waals surface area contributed by atoms with E-state index in [-0.39, 0.29) is 17.5 Å². The summed E-state index contributed by atoms with van der Waals surface area (Å²) < 4.78 is 5.23. The van der Waals surface area contributed by atoms with E-state index in [1.54, 1.807) is 19.3 Å². The second kappa shape index (κ2) is 7.49. The lowest BCUT2D eigenvalue weighted by atomic mass is 9.95. The van der Waals surface area contributed by atoms with Crippen LogP contribution in [0.4, 0.5) is 0 Å². The summed E-state index contributed by atoms with van der Waals surface area (Å²) in [4.78, 5) is 12.2. The lowest BCUT2D eigenvalue weighted by molar-refractivity contribution is -0.117. The Hall–Kier alpha value is -2.28. The third-order valence-corrected chi connectivity index (χ3v) is 3.74. The van der Waals surface area contributed by atoms with Gasteiger partial charge in [-0.1, -0.05) is 37.5 Å². The molecular formula is C17H20N2O2. The van der Waals surface area contributed by atoms with E-state index in [4.69, 9.17) is 4.74 Å². The van der Waals surface area contributed by atoms with Gasteiger partial charge in [-0.3, -0.25) is 4.79 Å². The molecule has 21 heavy (non-hydrogen) atoms. The molecule has 4 heteroatoms. The predicted octanol–water partition coefficient (Wildman–Crippen LogP) is 3.05. The van der Waals surface area contributed by atoms with Gasteiger partial charge in [-0.05, 0) is 25.0 Å². The second-order valence-corrected chi connectivity index (χ2v) is 5.22. The average Bonchev–Trinajstić information content (AvgIpc) is 2.53. The summed E-state index contributed by atoms with van der Waals surface area (Å²) in [7, 11) is 1.57. The van der Waals surface area contributed by atoms with Crippen molar-refractivity contribution < 1.29 is 9.53 Å². The van der Waals surface area contributed by atoms with Crippen LogP contribution in [-0.2, 0) is 4.79 Å². The fourth-order valence-corrected chi connectivity index (χ4v) is 2.60. The SMILES string of the molecule is COc1ccccc1/C=C(\C#N)C(=O)NC1CCCCC1. The third-order valence-electron chi connectivity index (χ3n) is 3.74. The van der Waals surface area contributed by atoms with Crippen LogP contribution in [0.15, 0.2) is 29.8 Å². The van der Waals surface area contributed by atoms with Crippen molar-refractivity contribution >= 4 is 12.0 Å². The topological polar surface area (TPSA) is 62.1 Å². The molecule has 0 spiro atoms. The first-order chi connectivity index (χ1) is 10.2. The highest BCUT2D eigenvalue weighted by molar-refractivity contribution is 6.02. The highest BCUT2D eigenvalue weighted by Crippen LogP contribution is 2.21. The number of carbonyl (C=O) groups excluding carboxylic acids is 1. The van der Waals surface area contributed by atoms with E-state index in [9.17, 15) is 10.1 Å². The summed E-state index contributed by atoms with van der Waals surface area (Å²) in [6, 6.07) is 9.51. The van der Waals surface area contributed by atoms with Crippen molar-refractivity contribution in [1.29, 1.82) is 5.26 Å². The molecule has 1 saturated carbocycles. The van der Waals surface area contributed by atoms with E-state index in [0.29, 0.717) is 5.75 Å². The van der Waals surface area contributed by atoms with Gasteiger partial charge in [0.25, 0.3) is 5.91 Å². The second-order valence-electron chi connectivity index (χ2n) is 5.22. The van der Waals surface area contributed by atoms with Crippen molar-refractivity contribution in [3.05, 3.63) is 35.4 Å². The number of nitrogens with zero attached hydrogens (tertiary/aromatic N) is 1. The monoisotopic (exact) mass is 284 g/mol. The standard InChI is InChI=1S/C17H20N2O2/c1-21-16-10-6-5-7-13(16)11-14(12-18)17(20)19-15-8-3-2-4-9-15/h5-7,10-11,15H,2-4,8-9H2,1H3,(H,19,20)/b14-11+. The summed E-state index contributed by atoms with van der Waals surface area (Å²) in [5, 5.41) is 12.2. The highest BCUT2D eigenvalue weighted by atomic mass is 16.5. The number of benzene rings is 1. The Labute approximate surface area is 125 Å². The number of rotatable bonds is 4. The molecule has 110 valence electrons. The molecular weight excluding hydrogens is 264 g/mol. The zero-order valence-corrected chi connectivity index (χ0v) is 12.3. The van der Waals surface area contributed by atoms with Gasteiger partial charge >= 0.3 is 0 Å². The first-order valence-electron chi connectivity index (χ1n) is 7.30. The van der Waals surface area contributed by atoms with Crippen LogP contribution in [0.3, 0.4) is 0 Å². The maximum Gasteiger partial charge on any atom is 0.262 e. The molecule has 0 radical (unpaired) electrons. The molecule has 1 aliphatic rings. The smallest absolute Gasteiger partial charge is 0.262 e. The molecule has 1 N–H and O–H groups in total. The normalized spacial score (nSPS) is 16.1. The van der Waals surface area contributed by atoms with E-state index in [0.717, 1.165) is 31.2 Å². The van der Waals surface area contributed by atoms with Crippen molar-refractivity contribution in [1.82, 2.24) is 5.32 Å². The molecule has 0 bridgehead atoms. The molecule has 2 rings (SSSR count). The van der Waals surface area contributed by atoms with Crippen molar-refractivity contribution in [3.8, 4) is 11.8 Å². The third kappa shape index (κ3) is 4.09. The van der Waals surface area contributed by atoms with Gasteiger partial charge < -0.3 is 10.1 Å². The summed E-state index contributed by atoms with van der Waals surface area (Å²) in [5.74, 6) is 0.353. The number of nitriles is 1. The number of carbonyl (C=O) groups is 1. The number of methoxy groups -OCH3 is 1. The van der Waals surface area contributed by atoms with Crippen molar-refractivity contribution in [2.75, 3.05) is 7.11 Å². The van der Waals surface area contributed by atoms with Crippen LogP contribution in [0.25, 0.3) is 6.08 Å². The number of para-hydroxylation sites is 1. The molecule has 0 aliphatic heterocycles. The first-order valence-corrected chi connectivity index (χ1v) is 7.30. The molecule has 0 heterocycles. The van der Waals surface area contributed by atoms with Crippen LogP contribution < -0.4 is 10.1 Å². The summed E-state index contributed by atoms with van der Waals surface area (Å²) in [5.41, 5.74) is 0.848. The van der Waals surface area contributed by atoms with Crippen LogP contribution >= 0.6 is 0 Å². The van der Waals surface area contributed by atoms with E-state index in [1.165, 1.54) is 6.42 Å². The van der Waals surface area contributed by atoms with E-state index in [2.05, 4.69) is 5.32 Å². The molecule has 0 unspecified atom stereocenters. The Morgan fingerprint density at radius 1 is 1.33 bits per heavy atom. The number of amides is 1. The zero-order chi connectivity index (χ0) is 15.1. The van der Waals surface area contributed by atoms with Crippen LogP contribution in [0.5, 0.6) is 5.75 Å². The van der Waals surface area contributed by atoms with Gasteiger partial charge in [0, 0.05) is 11.6 Å². The van der Waals surface area contributed by atoms with Gasteiger partial charge in [0.05, 0.1) is 7.11 Å². The molecule has 1 aliphatic carbocycles. The van der Waals surface area contributed by atoms with E-state index in [1.807, 2.05) is 24.3 Å². The molecule has 1 aromatic rings. The summed E-state index contributed by atoms with van der Waals surface area (Å²) in [6.07, 6.45) is 7.09. The lowest BCUT2D eigenvalue weighted by Gasteiger charge is -2.22. The molecule has 0 saturated heterocycles. The van der Waals surface area contributed by atoms with Crippen LogP contribution in [0.1, 0.15) is 37.7 Å². The average molecular weight is 284 g/mol. The van der Waals surface area contributed by atoms with Gasteiger partial charge in [-0.25, -0.2) is 0 Å². The van der Waals surface area contributed by atoms with E-state index < -0.39 is 0 Å². The summed E-state index contributed by atoms with van der Waals surface area (Å²) >= 11 is 0. The Morgan fingerprint density at radius 3 is 2.71 bits per heavy atom. The molecule has 1 fully saturated rings. The fourth-order valence-electron chi connectivity index (χ4n) is 2.60. The highest BCUT2D eigenvalue weighted by Gasteiger charge is 2.18. The molecule has 4 nitrogen and oxygen atoms in total. The number of nitrogens with one attached hydrogen (secondary N) is 1. The molecule has 0 atom stereocenters. The van der Waals surface area contributed by atoms with Crippen molar-refractivity contribution in [3.63, 3.8) is 0 Å². The first kappa shape index (κ1) is 15.1. The molecule has 0 aromatic heterocycles. The maximum absolute atomic E-state index is 12.2. The minimum absolute atomic E-state index is 0.116. The Bertz CT molecular complexity index is 566. The fraction of sp³-hybridized carbons (Fsp3) is 0.412. The largest absolute Gasteiger partial charge is 0.496 e. The lowest BCUT2D eigenvalue weighted by Crippen LogP contribution is -2.36. The number of hydrogen-bond donors (Lipinski definition) is 1. The van der Waals surface area contributed by atoms with Gasteiger partial charge in [0.15, 0.2) is 0 Å². The van der Waals surface area contributed by atoms with E-state index >= 15 is 0 Å². The Balaban J connectivity index is 2.12. The van der Waals surface area contributed by atoms with Crippen molar-refractivity contribution in [2.45, 2.75) is 38.1 Å². The van der Waals surface area contributed by atoms with Crippen LogP contribution in [-0.4, -0.2) is 19.1 Å². The summed E-state index contributed by atoms with van der Waals surface area (Å²) in [6.45, 7) is 0. The van der Waals surface area contributed by atoms with Crippen LogP contribution in [0.2, 0.25) is 0 Å². The maximum atomic E-state index is 12.2. The Kier molecular flexibility index (Phi) is 5.39. The minimum Gasteiger partial charge on any atom is -0.496 e. The van der Waals surface area contributed by atoms with Gasteiger partial charge in [-0.2, -0.15) is 5.26 Å². The van der Waals surface area contributed by atoms with Gasteiger partial charge in [-0.15, -0.1) is 0 Å². The minimum atomic E-state index is -0.296. The van der Waals surface area contributed by atoms with Gasteiger partial charge in [0.2, 0.25) is 0 Å². The molecule has 1 amide bonds. The predicted molar refractivity (Wildman–Crippen MR) is 81.6 cm³/mol. The quantitative estimate of drug-likeness (QED) is 0.682. The Morgan fingerprint density at radius 2 is 2.05 bits per heavy atom. The number of ether oxygens (including phenoxy) is 1. The number of hydrogen-bond acceptors (Lipinski definition) is 3. The van der Waals surface area contributed by atoms with Crippen molar-refractivity contribution in [2.24, 2.45) is 0 Å². The molecule has 1 aromatic carbocycles.